The van der Waals surface area contributed by atoms with Gasteiger partial charge in [0.1, 0.15) is 5.82 Å². The molecular weight excluding hydrogens is 187 g/mol. The summed E-state index contributed by atoms with van der Waals surface area (Å²) in [5.41, 5.74) is -1.01. The molecule has 1 aliphatic rings. The third kappa shape index (κ3) is 1.42. The number of aliphatic hydroxyl groups is 1. The van der Waals surface area contributed by atoms with Crippen LogP contribution in [-0.4, -0.2) is 11.9 Å². The first-order valence-electron chi connectivity index (χ1n) is 4.30. The Labute approximate surface area is 81.1 Å². The fourth-order valence-corrected chi connectivity index (χ4v) is 1.39. The molecule has 0 bridgehead atoms. The van der Waals surface area contributed by atoms with Crippen molar-refractivity contribution in [2.75, 3.05) is 6.79 Å². The summed E-state index contributed by atoms with van der Waals surface area (Å²) in [5.74, 6) is 0.376. The van der Waals surface area contributed by atoms with Gasteiger partial charge >= 0.3 is 0 Å². The van der Waals surface area contributed by atoms with Crippen LogP contribution in [0, 0.1) is 5.82 Å². The highest BCUT2D eigenvalue weighted by Gasteiger charge is 2.25. The van der Waals surface area contributed by atoms with Crippen LogP contribution in [0.2, 0.25) is 0 Å². The van der Waals surface area contributed by atoms with Gasteiger partial charge in [-0.25, -0.2) is 4.39 Å². The Balaban J connectivity index is 2.53. The topological polar surface area (TPSA) is 38.7 Å². The van der Waals surface area contributed by atoms with Crippen LogP contribution in [0.5, 0.6) is 11.5 Å². The van der Waals surface area contributed by atoms with Crippen molar-refractivity contribution in [2.24, 2.45) is 0 Å². The molecule has 2 rings (SSSR count). The minimum atomic E-state index is -1.22. The average molecular weight is 198 g/mol. The number of rotatable bonds is 1. The molecule has 0 saturated heterocycles. The number of benzene rings is 1. The molecule has 1 aliphatic heterocycles. The molecule has 1 heterocycles. The van der Waals surface area contributed by atoms with Crippen molar-refractivity contribution in [2.45, 2.75) is 19.4 Å². The van der Waals surface area contributed by atoms with E-state index in [-0.39, 0.29) is 12.4 Å². The number of halogens is 1. The van der Waals surface area contributed by atoms with E-state index in [9.17, 15) is 9.50 Å². The Morgan fingerprint density at radius 2 is 1.86 bits per heavy atom. The Kier molecular flexibility index (Phi) is 1.89. The zero-order valence-corrected chi connectivity index (χ0v) is 8.00. The Bertz CT molecular complexity index is 368. The Morgan fingerprint density at radius 3 is 2.43 bits per heavy atom. The molecule has 4 heteroatoms. The first-order chi connectivity index (χ1) is 6.48. The number of ether oxygens (including phenoxy) is 2. The molecule has 0 amide bonds. The van der Waals surface area contributed by atoms with E-state index < -0.39 is 11.4 Å². The zero-order valence-electron chi connectivity index (χ0n) is 8.00. The van der Waals surface area contributed by atoms with E-state index in [0.29, 0.717) is 11.5 Å². The number of hydrogen-bond acceptors (Lipinski definition) is 3. The van der Waals surface area contributed by atoms with Crippen LogP contribution in [0.25, 0.3) is 0 Å². The first-order valence-corrected chi connectivity index (χ1v) is 4.30. The zero-order chi connectivity index (χ0) is 10.3. The molecule has 1 aromatic carbocycles. The average Bonchev–Trinajstić information content (AvgIpc) is 2.47. The van der Waals surface area contributed by atoms with Gasteiger partial charge in [0.25, 0.3) is 0 Å². The number of fused-ring (bicyclic) bond motifs is 1. The van der Waals surface area contributed by atoms with Crippen LogP contribution in [0.3, 0.4) is 0 Å². The maximum absolute atomic E-state index is 13.4. The second-order valence-corrected chi connectivity index (χ2v) is 3.74. The predicted molar refractivity (Wildman–Crippen MR) is 47.8 cm³/mol. The van der Waals surface area contributed by atoms with E-state index in [1.165, 1.54) is 26.0 Å². The molecule has 0 aromatic heterocycles. The van der Waals surface area contributed by atoms with Crippen LogP contribution >= 0.6 is 0 Å². The molecular formula is C10H11FO3. The quantitative estimate of drug-likeness (QED) is 0.747. The Hall–Kier alpha value is -1.29. The summed E-state index contributed by atoms with van der Waals surface area (Å²) in [4.78, 5) is 0. The maximum Gasteiger partial charge on any atom is 0.231 e. The van der Waals surface area contributed by atoms with Gasteiger partial charge in [-0.3, -0.25) is 0 Å². The van der Waals surface area contributed by atoms with Crippen LogP contribution < -0.4 is 9.47 Å². The molecule has 0 radical (unpaired) electrons. The molecule has 3 nitrogen and oxygen atoms in total. The molecule has 0 saturated carbocycles. The molecule has 0 atom stereocenters. The van der Waals surface area contributed by atoms with Gasteiger partial charge in [-0.1, -0.05) is 0 Å². The van der Waals surface area contributed by atoms with E-state index >= 15 is 0 Å². The van der Waals surface area contributed by atoms with Crippen LogP contribution in [0.1, 0.15) is 19.4 Å². The van der Waals surface area contributed by atoms with Gasteiger partial charge < -0.3 is 14.6 Å². The largest absolute Gasteiger partial charge is 0.454 e. The van der Waals surface area contributed by atoms with Crippen LogP contribution in [0.4, 0.5) is 4.39 Å². The molecule has 0 unspecified atom stereocenters. The van der Waals surface area contributed by atoms with Gasteiger partial charge in [0.15, 0.2) is 11.5 Å². The van der Waals surface area contributed by atoms with Gasteiger partial charge in [-0.15, -0.1) is 0 Å². The summed E-state index contributed by atoms with van der Waals surface area (Å²) in [6.45, 7) is 3.14. The van der Waals surface area contributed by atoms with Gasteiger partial charge in [0, 0.05) is 11.6 Å². The molecule has 1 aromatic rings. The van der Waals surface area contributed by atoms with Crippen molar-refractivity contribution < 1.29 is 19.0 Å². The second kappa shape index (κ2) is 2.85. The molecule has 0 aliphatic carbocycles. The fourth-order valence-electron chi connectivity index (χ4n) is 1.39. The van der Waals surface area contributed by atoms with Crippen molar-refractivity contribution >= 4 is 0 Å². The maximum atomic E-state index is 13.4. The van der Waals surface area contributed by atoms with Crippen molar-refractivity contribution in [3.05, 3.63) is 23.5 Å². The lowest BCUT2D eigenvalue weighted by Gasteiger charge is -2.18. The molecule has 76 valence electrons. The van der Waals surface area contributed by atoms with Crippen LogP contribution in [-0.2, 0) is 5.60 Å². The highest BCUT2D eigenvalue weighted by Crippen LogP contribution is 2.37. The monoisotopic (exact) mass is 198 g/mol. The lowest BCUT2D eigenvalue weighted by atomic mass is 9.97. The standard InChI is InChI=1S/C10H11FO3/c1-10(2,12)6-3-8-9(4-7(6)11)14-5-13-8/h3-4,12H,5H2,1-2H3. The van der Waals surface area contributed by atoms with Crippen LogP contribution in [0.15, 0.2) is 12.1 Å². The van der Waals surface area contributed by atoms with Gasteiger partial charge in [0.2, 0.25) is 6.79 Å². The third-order valence-electron chi connectivity index (χ3n) is 2.12. The molecule has 0 fully saturated rings. The van der Waals surface area contributed by atoms with Crippen molar-refractivity contribution in [3.8, 4) is 11.5 Å². The summed E-state index contributed by atoms with van der Waals surface area (Å²) < 4.78 is 23.5. The smallest absolute Gasteiger partial charge is 0.231 e. The van der Waals surface area contributed by atoms with E-state index in [4.69, 9.17) is 9.47 Å². The minimum absolute atomic E-state index is 0.101. The summed E-state index contributed by atoms with van der Waals surface area (Å²) >= 11 is 0. The summed E-state index contributed by atoms with van der Waals surface area (Å²) in [6, 6.07) is 2.70. The van der Waals surface area contributed by atoms with E-state index in [1.54, 1.807) is 0 Å². The highest BCUT2D eigenvalue weighted by molar-refractivity contribution is 5.46. The molecule has 0 spiro atoms. The lowest BCUT2D eigenvalue weighted by Crippen LogP contribution is -2.17. The normalized spacial score (nSPS) is 14.6. The molecule has 14 heavy (non-hydrogen) atoms. The summed E-state index contributed by atoms with van der Waals surface area (Å²) in [6.07, 6.45) is 0. The summed E-state index contributed by atoms with van der Waals surface area (Å²) in [5, 5.41) is 9.66. The lowest BCUT2D eigenvalue weighted by molar-refractivity contribution is 0.0743. The van der Waals surface area contributed by atoms with Gasteiger partial charge in [0.05, 0.1) is 5.60 Å². The molecule has 1 N–H and O–H groups in total. The van der Waals surface area contributed by atoms with Crippen molar-refractivity contribution in [1.82, 2.24) is 0 Å². The van der Waals surface area contributed by atoms with Gasteiger partial charge in [-0.2, -0.15) is 0 Å². The predicted octanol–water partition coefficient (Wildman–Crippen LogP) is 1.78. The van der Waals surface area contributed by atoms with E-state index in [2.05, 4.69) is 0 Å². The first kappa shape index (κ1) is 9.27. The highest BCUT2D eigenvalue weighted by atomic mass is 19.1. The number of hydrogen-bond donors (Lipinski definition) is 1. The van der Waals surface area contributed by atoms with Crippen molar-refractivity contribution in [1.29, 1.82) is 0 Å². The third-order valence-corrected chi connectivity index (χ3v) is 2.12. The van der Waals surface area contributed by atoms with E-state index in [1.807, 2.05) is 0 Å². The fraction of sp³-hybridized carbons (Fsp3) is 0.400. The Morgan fingerprint density at radius 1 is 1.29 bits per heavy atom. The minimum Gasteiger partial charge on any atom is -0.454 e. The van der Waals surface area contributed by atoms with E-state index in [0.717, 1.165) is 0 Å². The summed E-state index contributed by atoms with van der Waals surface area (Å²) in [7, 11) is 0. The van der Waals surface area contributed by atoms with Gasteiger partial charge in [-0.05, 0) is 19.9 Å². The van der Waals surface area contributed by atoms with Crippen molar-refractivity contribution in [3.63, 3.8) is 0 Å². The SMILES string of the molecule is CC(C)(O)c1cc2c(cc1F)OCO2. The second-order valence-electron chi connectivity index (χ2n) is 3.74.